The first kappa shape index (κ1) is 60.3. The largest absolute Gasteiger partial charge is 0.454 e. The number of carbonyl (C=O) groups excluding carboxylic acids is 1. The van der Waals surface area contributed by atoms with E-state index in [9.17, 15) is 4.79 Å². The molecular formula is C64H81N17O6. The number of nitrogens with one attached hydrogen (secondary N) is 2. The van der Waals surface area contributed by atoms with Gasteiger partial charge in [-0.2, -0.15) is 0 Å². The van der Waals surface area contributed by atoms with Crippen LogP contribution >= 0.6 is 0 Å². The van der Waals surface area contributed by atoms with E-state index >= 15 is 0 Å². The Hall–Kier alpha value is -8.38. The number of likely N-dealkylation sites (tertiary alicyclic amines) is 2. The minimum absolute atomic E-state index is 0.152. The summed E-state index contributed by atoms with van der Waals surface area (Å²) in [6, 6.07) is 19.0. The molecule has 6 aromatic heterocycles. The number of fused-ring (bicyclic) bond motifs is 2. The van der Waals surface area contributed by atoms with E-state index in [1.54, 1.807) is 42.5 Å². The second-order valence-electron chi connectivity index (χ2n) is 23.7. The molecule has 2 N–H and O–H groups in total. The standard InChI is InChI=1S/C28H36N6O4.C23H28N6O2.C13H17N5/c1-20-15-22(31-26(30-20)34-12-10-29-18-34)23-7-5-6-11-32(23)13-14-33(27(35)38-28(2,3)4)17-21-8-9-24-25(16-21)37-19-36-24;1-17-12-19(27-23(26-17)29-11-8-25-15-29)20-4-2-3-9-28(20)10-7-24-14-18-5-6-21-22(13-18)31-16-30-21;1-10-8-12(11-4-2-3-5-15-11)17-13(16-10)18-7-6-14-9-18/h8-10,12,15-16,18,23H,5-7,11,13-14,17,19H2,1-4H3;5-6,8,11-13,15,20,24H,2-4,7,9-10,14,16H2,1H3;6-9,11,15H,2-5H2,1H3. The van der Waals surface area contributed by atoms with Gasteiger partial charge in [0.1, 0.15) is 24.6 Å². The number of hydrogen-bond acceptors (Lipinski definition) is 19. The molecular weight excluding hydrogens is 1100 g/mol. The van der Waals surface area contributed by atoms with Crippen LogP contribution in [0.3, 0.4) is 0 Å². The average molecular weight is 1180 g/mol. The molecule has 5 aliphatic rings. The molecule has 0 aliphatic carbocycles. The zero-order valence-electron chi connectivity index (χ0n) is 50.9. The summed E-state index contributed by atoms with van der Waals surface area (Å²) < 4.78 is 33.2. The molecule has 87 heavy (non-hydrogen) atoms. The fourth-order valence-corrected chi connectivity index (χ4v) is 11.6. The van der Waals surface area contributed by atoms with Crippen molar-refractivity contribution in [2.75, 3.05) is 59.4 Å². The maximum absolute atomic E-state index is 13.2. The molecule has 23 nitrogen and oxygen atoms in total. The van der Waals surface area contributed by atoms with Crippen LogP contribution in [0.1, 0.15) is 142 Å². The molecule has 13 rings (SSSR count). The van der Waals surface area contributed by atoms with Gasteiger partial charge in [-0.15, -0.1) is 0 Å². The van der Waals surface area contributed by atoms with Gasteiger partial charge in [0.15, 0.2) is 23.0 Å². The van der Waals surface area contributed by atoms with Crippen LogP contribution in [0.5, 0.6) is 23.0 Å². The molecule has 0 radical (unpaired) electrons. The molecule has 1 amide bonds. The topological polar surface area (TPSA) is 228 Å². The van der Waals surface area contributed by atoms with E-state index in [1.807, 2.05) is 98.1 Å². The lowest BCUT2D eigenvalue weighted by Crippen LogP contribution is -2.43. The number of nitrogens with zero attached hydrogens (tertiary/aromatic N) is 15. The van der Waals surface area contributed by atoms with E-state index < -0.39 is 5.60 Å². The number of ether oxygens (including phenoxy) is 5. The number of rotatable bonds is 16. The number of imidazole rings is 3. The van der Waals surface area contributed by atoms with Gasteiger partial charge in [-0.1, -0.05) is 31.4 Å². The Morgan fingerprint density at radius 3 is 1.61 bits per heavy atom. The van der Waals surface area contributed by atoms with Crippen LogP contribution in [0.25, 0.3) is 17.8 Å². The zero-order valence-corrected chi connectivity index (χ0v) is 50.9. The molecule has 0 saturated carbocycles. The van der Waals surface area contributed by atoms with Crippen molar-refractivity contribution < 1.29 is 28.5 Å². The summed E-state index contributed by atoms with van der Waals surface area (Å²) in [5.74, 6) is 5.12. The molecule has 0 bridgehead atoms. The second-order valence-corrected chi connectivity index (χ2v) is 23.7. The highest BCUT2D eigenvalue weighted by Gasteiger charge is 2.30. The van der Waals surface area contributed by atoms with Crippen molar-refractivity contribution in [2.45, 2.75) is 136 Å². The van der Waals surface area contributed by atoms with Crippen molar-refractivity contribution in [3.8, 4) is 40.8 Å². The van der Waals surface area contributed by atoms with Crippen molar-refractivity contribution >= 4 is 6.09 Å². The Bertz CT molecular complexity index is 3500. The summed E-state index contributed by atoms with van der Waals surface area (Å²) in [6.07, 6.45) is 26.2. The lowest BCUT2D eigenvalue weighted by molar-refractivity contribution is 0.0193. The van der Waals surface area contributed by atoms with Crippen LogP contribution in [0, 0.1) is 20.8 Å². The highest BCUT2D eigenvalue weighted by Crippen LogP contribution is 2.36. The van der Waals surface area contributed by atoms with E-state index in [2.05, 4.69) is 85.7 Å². The van der Waals surface area contributed by atoms with Crippen molar-refractivity contribution in [1.82, 2.24) is 83.9 Å². The molecule has 3 saturated heterocycles. The van der Waals surface area contributed by atoms with Gasteiger partial charge < -0.3 is 39.2 Å². The van der Waals surface area contributed by atoms with Crippen LogP contribution in [-0.4, -0.2) is 144 Å². The average Bonchev–Trinajstić information content (AvgIpc) is 4.02. The molecule has 458 valence electrons. The third kappa shape index (κ3) is 16.2. The lowest BCUT2D eigenvalue weighted by Gasteiger charge is -2.37. The van der Waals surface area contributed by atoms with Crippen LogP contribution in [0.4, 0.5) is 4.79 Å². The highest BCUT2D eigenvalue weighted by molar-refractivity contribution is 5.68. The molecule has 0 spiro atoms. The summed E-state index contributed by atoms with van der Waals surface area (Å²) in [7, 11) is 0. The number of benzene rings is 2. The highest BCUT2D eigenvalue weighted by atomic mass is 16.7. The molecule has 3 atom stereocenters. The Labute approximate surface area is 508 Å². The van der Waals surface area contributed by atoms with Crippen molar-refractivity contribution in [3.05, 3.63) is 156 Å². The predicted molar refractivity (Wildman–Crippen MR) is 326 cm³/mol. The zero-order chi connectivity index (χ0) is 60.1. The van der Waals surface area contributed by atoms with Crippen molar-refractivity contribution in [3.63, 3.8) is 0 Å². The second kappa shape index (κ2) is 28.4. The monoisotopic (exact) mass is 1180 g/mol. The normalized spacial score (nSPS) is 18.3. The quantitative estimate of drug-likeness (QED) is 0.0858. The van der Waals surface area contributed by atoms with E-state index in [4.69, 9.17) is 33.7 Å². The first-order valence-corrected chi connectivity index (χ1v) is 30.5. The van der Waals surface area contributed by atoms with Gasteiger partial charge in [-0.3, -0.25) is 23.5 Å². The van der Waals surface area contributed by atoms with Crippen LogP contribution in [-0.2, 0) is 17.8 Å². The summed E-state index contributed by atoms with van der Waals surface area (Å²) in [6.45, 7) is 19.7. The molecule has 3 fully saturated rings. The van der Waals surface area contributed by atoms with E-state index in [0.717, 1.165) is 128 Å². The third-order valence-electron chi connectivity index (χ3n) is 15.8. The summed E-state index contributed by atoms with van der Waals surface area (Å²) >= 11 is 0. The fraction of sp³-hybridized carbons (Fsp3) is 0.469. The molecule has 11 heterocycles. The van der Waals surface area contributed by atoms with Gasteiger partial charge in [-0.05, 0) is 153 Å². The molecule has 3 unspecified atom stereocenters. The van der Waals surface area contributed by atoms with E-state index in [1.165, 1.54) is 31.2 Å². The number of amides is 1. The number of carbonyl (C=O) groups is 1. The third-order valence-corrected chi connectivity index (χ3v) is 15.8. The number of aryl methyl sites for hydroxylation is 3. The van der Waals surface area contributed by atoms with Gasteiger partial charge >= 0.3 is 6.09 Å². The van der Waals surface area contributed by atoms with Crippen LogP contribution in [0.15, 0.2) is 111 Å². The minimum Gasteiger partial charge on any atom is -0.454 e. The lowest BCUT2D eigenvalue weighted by atomic mass is 9.98. The van der Waals surface area contributed by atoms with E-state index in [0.29, 0.717) is 62.1 Å². The molecule has 5 aliphatic heterocycles. The van der Waals surface area contributed by atoms with Crippen molar-refractivity contribution in [2.24, 2.45) is 0 Å². The summed E-state index contributed by atoms with van der Waals surface area (Å²) in [4.78, 5) is 60.4. The Balaban J connectivity index is 0.000000143. The van der Waals surface area contributed by atoms with Gasteiger partial charge in [-0.25, -0.2) is 49.7 Å². The smallest absolute Gasteiger partial charge is 0.410 e. The minimum atomic E-state index is -0.583. The Morgan fingerprint density at radius 2 is 1.09 bits per heavy atom. The maximum atomic E-state index is 13.2. The SMILES string of the molecule is Cc1cc(C2CCCCN2)nc(-n2ccnc2)n1.Cc1cc(C2CCCCN2CCN(Cc2ccc3c(c2)OCO3)C(=O)OC(C)(C)C)nc(-n2ccnc2)n1.Cc1cc(C2CCCCN2CCNCc2ccc3c(c2)OCO3)nc(-n2ccnc2)n1. The van der Waals surface area contributed by atoms with Gasteiger partial charge in [0.25, 0.3) is 0 Å². The Morgan fingerprint density at radius 1 is 0.598 bits per heavy atom. The predicted octanol–water partition coefficient (Wildman–Crippen LogP) is 9.47. The van der Waals surface area contributed by atoms with Crippen LogP contribution < -0.4 is 29.6 Å². The maximum Gasteiger partial charge on any atom is 0.410 e. The molecule has 8 aromatic rings. The summed E-state index contributed by atoms with van der Waals surface area (Å²) in [5.41, 5.74) is 7.68. The molecule has 23 heteroatoms. The first-order chi connectivity index (χ1) is 42.3. The van der Waals surface area contributed by atoms with Gasteiger partial charge in [0.2, 0.25) is 31.4 Å². The van der Waals surface area contributed by atoms with Crippen LogP contribution in [0.2, 0.25) is 0 Å². The summed E-state index contributed by atoms with van der Waals surface area (Å²) in [5, 5.41) is 7.09. The number of hydrogen-bond donors (Lipinski definition) is 2. The fourth-order valence-electron chi connectivity index (χ4n) is 11.6. The number of piperidine rings is 3. The van der Waals surface area contributed by atoms with Gasteiger partial charge in [0, 0.05) is 99.6 Å². The van der Waals surface area contributed by atoms with Crippen molar-refractivity contribution in [1.29, 1.82) is 0 Å². The number of aromatic nitrogens is 12. The molecule has 2 aromatic carbocycles. The van der Waals surface area contributed by atoms with E-state index in [-0.39, 0.29) is 18.9 Å². The first-order valence-electron chi connectivity index (χ1n) is 30.5. The Kier molecular flexibility index (Phi) is 19.7. The van der Waals surface area contributed by atoms with Gasteiger partial charge in [0.05, 0.1) is 29.2 Å².